The molecule has 0 amide bonds. The first-order valence-electron chi connectivity index (χ1n) is 3.69. The summed E-state index contributed by atoms with van der Waals surface area (Å²) in [6.07, 6.45) is 0. The van der Waals surface area contributed by atoms with Gasteiger partial charge in [-0.2, -0.15) is 0 Å². The zero-order valence-corrected chi connectivity index (χ0v) is 10.2. The summed E-state index contributed by atoms with van der Waals surface area (Å²) in [5.74, 6) is -0.0269. The van der Waals surface area contributed by atoms with Crippen molar-refractivity contribution in [2.75, 3.05) is 0 Å². The molecule has 0 spiro atoms. The van der Waals surface area contributed by atoms with Crippen molar-refractivity contribution in [3.63, 3.8) is 0 Å². The fourth-order valence-corrected chi connectivity index (χ4v) is 1.60. The second-order valence-corrected chi connectivity index (χ2v) is 4.85. The third-order valence-corrected chi connectivity index (χ3v) is 2.93. The highest BCUT2D eigenvalue weighted by atomic mass is 79.9. The molecule has 70 valence electrons. The SMILES string of the molecule is CC(Br)C(=O)c1cccc(S)c1Cl. The lowest BCUT2D eigenvalue weighted by Crippen LogP contribution is -2.10. The summed E-state index contributed by atoms with van der Waals surface area (Å²) in [5, 5.41) is 0.419. The van der Waals surface area contributed by atoms with E-state index < -0.39 is 0 Å². The largest absolute Gasteiger partial charge is 0.293 e. The van der Waals surface area contributed by atoms with Gasteiger partial charge in [0.05, 0.1) is 9.85 Å². The molecule has 0 heterocycles. The third-order valence-electron chi connectivity index (χ3n) is 1.61. The fraction of sp³-hybridized carbons (Fsp3) is 0.222. The molecule has 1 nitrogen and oxygen atoms in total. The third kappa shape index (κ3) is 2.48. The van der Waals surface area contributed by atoms with Gasteiger partial charge in [-0.3, -0.25) is 4.79 Å². The van der Waals surface area contributed by atoms with Crippen molar-refractivity contribution >= 4 is 45.9 Å². The van der Waals surface area contributed by atoms with Crippen LogP contribution in [0.3, 0.4) is 0 Å². The maximum atomic E-state index is 11.6. The van der Waals surface area contributed by atoms with E-state index in [2.05, 4.69) is 28.6 Å². The van der Waals surface area contributed by atoms with Crippen LogP contribution in [0.4, 0.5) is 0 Å². The molecule has 0 aromatic heterocycles. The number of rotatable bonds is 2. The van der Waals surface area contributed by atoms with Crippen molar-refractivity contribution in [1.82, 2.24) is 0 Å². The van der Waals surface area contributed by atoms with E-state index in [0.717, 1.165) is 0 Å². The van der Waals surface area contributed by atoms with Crippen molar-refractivity contribution in [3.05, 3.63) is 28.8 Å². The molecule has 0 saturated carbocycles. The number of carbonyl (C=O) groups is 1. The van der Waals surface area contributed by atoms with Crippen LogP contribution >= 0.6 is 40.2 Å². The van der Waals surface area contributed by atoms with E-state index in [0.29, 0.717) is 15.5 Å². The fourth-order valence-electron chi connectivity index (χ4n) is 0.924. The highest BCUT2D eigenvalue weighted by Crippen LogP contribution is 2.26. The molecule has 13 heavy (non-hydrogen) atoms. The Morgan fingerprint density at radius 2 is 2.23 bits per heavy atom. The van der Waals surface area contributed by atoms with Gasteiger partial charge in [0.1, 0.15) is 0 Å². The Morgan fingerprint density at radius 1 is 1.62 bits per heavy atom. The molecule has 0 radical (unpaired) electrons. The number of hydrogen-bond acceptors (Lipinski definition) is 2. The standard InChI is InChI=1S/C9H8BrClOS/c1-5(10)9(12)6-3-2-4-7(13)8(6)11/h2-5,13H,1H3. The van der Waals surface area contributed by atoms with Crippen LogP contribution in [-0.2, 0) is 0 Å². The molecule has 1 unspecified atom stereocenters. The van der Waals surface area contributed by atoms with Gasteiger partial charge >= 0.3 is 0 Å². The van der Waals surface area contributed by atoms with Crippen LogP contribution in [0.1, 0.15) is 17.3 Å². The topological polar surface area (TPSA) is 17.1 Å². The number of Topliss-reactive ketones (excluding diaryl/α,β-unsaturated/α-hetero) is 1. The van der Waals surface area contributed by atoms with Crippen molar-refractivity contribution in [2.24, 2.45) is 0 Å². The smallest absolute Gasteiger partial charge is 0.177 e. The van der Waals surface area contributed by atoms with Gasteiger partial charge < -0.3 is 0 Å². The summed E-state index contributed by atoms with van der Waals surface area (Å²) in [7, 11) is 0. The van der Waals surface area contributed by atoms with Crippen LogP contribution in [0.15, 0.2) is 23.1 Å². The van der Waals surface area contributed by atoms with Gasteiger partial charge in [-0.1, -0.05) is 33.6 Å². The molecular formula is C9H8BrClOS. The molecule has 1 atom stereocenters. The van der Waals surface area contributed by atoms with Gasteiger partial charge in [0.25, 0.3) is 0 Å². The molecule has 0 saturated heterocycles. The second kappa shape index (κ2) is 4.49. The Hall–Kier alpha value is 0.01000. The van der Waals surface area contributed by atoms with Gasteiger partial charge in [0.2, 0.25) is 0 Å². The molecule has 0 aliphatic carbocycles. The van der Waals surface area contributed by atoms with E-state index >= 15 is 0 Å². The first-order valence-corrected chi connectivity index (χ1v) is 5.44. The van der Waals surface area contributed by atoms with E-state index in [1.807, 2.05) is 0 Å². The lowest BCUT2D eigenvalue weighted by atomic mass is 10.1. The van der Waals surface area contributed by atoms with Crippen LogP contribution in [0.25, 0.3) is 0 Å². The predicted octanol–water partition coefficient (Wildman–Crippen LogP) is 3.59. The average molecular weight is 280 g/mol. The summed E-state index contributed by atoms with van der Waals surface area (Å²) in [5.41, 5.74) is 0.513. The van der Waals surface area contributed by atoms with E-state index in [1.165, 1.54) is 0 Å². The zero-order valence-electron chi connectivity index (χ0n) is 6.92. The molecule has 1 aromatic carbocycles. The molecule has 1 aromatic rings. The molecule has 4 heteroatoms. The van der Waals surface area contributed by atoms with E-state index in [9.17, 15) is 4.79 Å². The van der Waals surface area contributed by atoms with Crippen LogP contribution < -0.4 is 0 Å². The van der Waals surface area contributed by atoms with Crippen LogP contribution in [-0.4, -0.2) is 10.6 Å². The Kier molecular flexibility index (Phi) is 3.83. The van der Waals surface area contributed by atoms with Gasteiger partial charge in [0, 0.05) is 10.5 Å². The minimum Gasteiger partial charge on any atom is -0.293 e. The first kappa shape index (κ1) is 11.1. The molecule has 0 aliphatic heterocycles. The summed E-state index contributed by atoms with van der Waals surface area (Å²) >= 11 is 13.2. The second-order valence-electron chi connectivity index (χ2n) is 2.62. The van der Waals surface area contributed by atoms with Gasteiger partial charge in [-0.05, 0) is 19.1 Å². The molecule has 1 rings (SSSR count). The highest BCUT2D eigenvalue weighted by molar-refractivity contribution is 9.10. The minimum atomic E-state index is -0.222. The van der Waals surface area contributed by atoms with E-state index in [-0.39, 0.29) is 10.6 Å². The molecule has 0 fully saturated rings. The van der Waals surface area contributed by atoms with Crippen molar-refractivity contribution < 1.29 is 4.79 Å². The van der Waals surface area contributed by atoms with E-state index in [4.69, 9.17) is 11.6 Å². The monoisotopic (exact) mass is 278 g/mol. The van der Waals surface area contributed by atoms with Crippen LogP contribution in [0, 0.1) is 0 Å². The highest BCUT2D eigenvalue weighted by Gasteiger charge is 2.15. The van der Waals surface area contributed by atoms with Crippen LogP contribution in [0.2, 0.25) is 5.02 Å². The van der Waals surface area contributed by atoms with Crippen LogP contribution in [0.5, 0.6) is 0 Å². The van der Waals surface area contributed by atoms with E-state index in [1.54, 1.807) is 25.1 Å². The van der Waals surface area contributed by atoms with Crippen molar-refractivity contribution in [2.45, 2.75) is 16.6 Å². The summed E-state index contributed by atoms with van der Waals surface area (Å²) in [4.78, 5) is 12.0. The van der Waals surface area contributed by atoms with Gasteiger partial charge in [0.15, 0.2) is 5.78 Å². The van der Waals surface area contributed by atoms with Gasteiger partial charge in [-0.25, -0.2) is 0 Å². The lowest BCUT2D eigenvalue weighted by molar-refractivity contribution is 0.0996. The maximum absolute atomic E-state index is 11.6. The normalized spacial score (nSPS) is 12.6. The quantitative estimate of drug-likeness (QED) is 0.497. The summed E-state index contributed by atoms with van der Waals surface area (Å²) < 4.78 is 0. The molecule has 0 aliphatic rings. The molecular weight excluding hydrogens is 272 g/mol. The number of ketones is 1. The Bertz CT molecular complexity index is 338. The summed E-state index contributed by atoms with van der Waals surface area (Å²) in [6, 6.07) is 5.21. The number of thiol groups is 1. The number of alkyl halides is 1. The number of halogens is 2. The summed E-state index contributed by atoms with van der Waals surface area (Å²) in [6.45, 7) is 1.77. The maximum Gasteiger partial charge on any atom is 0.177 e. The molecule has 0 N–H and O–H groups in total. The van der Waals surface area contributed by atoms with Gasteiger partial charge in [-0.15, -0.1) is 12.6 Å². The first-order chi connectivity index (χ1) is 6.04. The Labute approximate surface area is 96.0 Å². The minimum absolute atomic E-state index is 0.0269. The number of hydrogen-bond donors (Lipinski definition) is 1. The average Bonchev–Trinajstić information content (AvgIpc) is 2.08. The zero-order chi connectivity index (χ0) is 10.0. The van der Waals surface area contributed by atoms with Crippen molar-refractivity contribution in [1.29, 1.82) is 0 Å². The Balaban J connectivity index is 3.15. The van der Waals surface area contributed by atoms with Crippen molar-refractivity contribution in [3.8, 4) is 0 Å². The predicted molar refractivity (Wildman–Crippen MR) is 61.4 cm³/mol. The lowest BCUT2D eigenvalue weighted by Gasteiger charge is -2.06. The number of carbonyl (C=O) groups excluding carboxylic acids is 1. The Morgan fingerprint density at radius 3 is 2.77 bits per heavy atom. The molecule has 0 bridgehead atoms. The number of benzene rings is 1.